The van der Waals surface area contributed by atoms with Gasteiger partial charge in [0.25, 0.3) is 0 Å². The smallest absolute Gasteiger partial charge is 0.389 e. The molecule has 1 fully saturated rings. The highest BCUT2D eigenvalue weighted by atomic mass is 16.7. The Balaban J connectivity index is 1.97. The van der Waals surface area contributed by atoms with Gasteiger partial charge in [0, 0.05) is 0 Å². The number of carbonyl (C=O) groups is 2. The lowest BCUT2D eigenvalue weighted by Gasteiger charge is -2.37. The molecule has 0 aromatic heterocycles. The summed E-state index contributed by atoms with van der Waals surface area (Å²) >= 11 is 0. The molecule has 0 N–H and O–H groups in total. The van der Waals surface area contributed by atoms with E-state index in [1.54, 1.807) is 0 Å². The third kappa shape index (κ3) is 3.52. The molecule has 2 aliphatic rings. The highest BCUT2D eigenvalue weighted by Gasteiger charge is 2.36. The van der Waals surface area contributed by atoms with Crippen LogP contribution in [0.3, 0.4) is 0 Å². The highest BCUT2D eigenvalue weighted by Crippen LogP contribution is 2.35. The Morgan fingerprint density at radius 3 is 2.80 bits per heavy atom. The molecule has 0 radical (unpaired) electrons. The molecule has 1 heterocycles. The van der Waals surface area contributed by atoms with Crippen LogP contribution >= 0.6 is 0 Å². The fraction of sp³-hybridized carbons (Fsp3) is 0.733. The van der Waals surface area contributed by atoms with Gasteiger partial charge in [0.2, 0.25) is 0 Å². The monoisotopic (exact) mass is 282 g/mol. The average Bonchev–Trinajstić information content (AvgIpc) is 2.38. The molecule has 0 saturated heterocycles. The van der Waals surface area contributed by atoms with Crippen LogP contribution in [-0.4, -0.2) is 24.3 Å². The molecule has 1 aliphatic heterocycles. The van der Waals surface area contributed by atoms with E-state index in [9.17, 15) is 9.59 Å². The molecule has 4 atom stereocenters. The molecular weight excluding hydrogens is 260 g/mol. The van der Waals surface area contributed by atoms with Crippen molar-refractivity contribution >= 4 is 11.9 Å². The number of hydrogen-bond acceptors (Lipinski definition) is 5. The second kappa shape index (κ2) is 6.29. The summed E-state index contributed by atoms with van der Waals surface area (Å²) < 4.78 is 15.3. The lowest BCUT2D eigenvalue weighted by Crippen LogP contribution is -2.40. The molecule has 1 aliphatic carbocycles. The van der Waals surface area contributed by atoms with E-state index in [2.05, 4.69) is 20.8 Å². The van der Waals surface area contributed by atoms with E-state index in [1.165, 1.54) is 6.26 Å². The second-order valence-corrected chi connectivity index (χ2v) is 6.01. The zero-order valence-corrected chi connectivity index (χ0v) is 12.2. The molecule has 0 aromatic carbocycles. The van der Waals surface area contributed by atoms with E-state index < -0.39 is 18.2 Å². The van der Waals surface area contributed by atoms with Crippen molar-refractivity contribution in [1.29, 1.82) is 0 Å². The van der Waals surface area contributed by atoms with Crippen LogP contribution in [0.1, 0.15) is 40.0 Å². The first kappa shape index (κ1) is 14.9. The summed E-state index contributed by atoms with van der Waals surface area (Å²) in [5.41, 5.74) is 0. The lowest BCUT2D eigenvalue weighted by atomic mass is 9.75. The van der Waals surface area contributed by atoms with E-state index in [0.717, 1.165) is 25.3 Å². The third-order valence-corrected chi connectivity index (χ3v) is 4.05. The summed E-state index contributed by atoms with van der Waals surface area (Å²) in [5.74, 6) is 0.139. The van der Waals surface area contributed by atoms with Gasteiger partial charge in [0.1, 0.15) is 6.10 Å². The van der Waals surface area contributed by atoms with Gasteiger partial charge >= 0.3 is 18.2 Å². The zero-order chi connectivity index (χ0) is 14.7. The molecule has 20 heavy (non-hydrogen) atoms. The van der Waals surface area contributed by atoms with Gasteiger partial charge in [-0.1, -0.05) is 27.2 Å². The zero-order valence-electron chi connectivity index (χ0n) is 12.2. The first-order valence-electron chi connectivity index (χ1n) is 7.20. The predicted octanol–water partition coefficient (Wildman–Crippen LogP) is 2.40. The maximum absolute atomic E-state index is 12.0. The Hall–Kier alpha value is -1.52. The molecule has 2 rings (SSSR count). The van der Waals surface area contributed by atoms with Crippen LogP contribution in [0, 0.1) is 17.8 Å². The normalized spacial score (nSPS) is 33.5. The number of esters is 2. The van der Waals surface area contributed by atoms with Gasteiger partial charge in [0.15, 0.2) is 0 Å². The van der Waals surface area contributed by atoms with E-state index in [-0.39, 0.29) is 6.10 Å². The van der Waals surface area contributed by atoms with Crippen LogP contribution in [0.4, 0.5) is 0 Å². The number of hydrogen-bond donors (Lipinski definition) is 0. The molecule has 0 aromatic rings. The van der Waals surface area contributed by atoms with Crippen LogP contribution in [-0.2, 0) is 23.8 Å². The summed E-state index contributed by atoms with van der Waals surface area (Å²) in [6.45, 7) is 6.44. The van der Waals surface area contributed by atoms with Crippen LogP contribution in [0.15, 0.2) is 12.3 Å². The van der Waals surface area contributed by atoms with Crippen molar-refractivity contribution in [3.63, 3.8) is 0 Å². The highest BCUT2D eigenvalue weighted by molar-refractivity contribution is 5.86. The van der Waals surface area contributed by atoms with E-state index in [4.69, 9.17) is 14.2 Å². The number of rotatable bonds is 3. The Morgan fingerprint density at radius 1 is 1.40 bits per heavy atom. The maximum atomic E-state index is 12.0. The standard InChI is InChI=1S/C15H22O5/c1-9(2)11-5-4-10(3)8-12(11)19-14(17)15-18-7-6-13(16)20-15/h6-7,9-12,15H,4-5,8H2,1-3H3/t10?,11?,12?,15-/m0/s1. The molecule has 3 unspecified atom stereocenters. The average molecular weight is 282 g/mol. The van der Waals surface area contributed by atoms with E-state index >= 15 is 0 Å². The molecule has 0 bridgehead atoms. The molecule has 0 amide bonds. The van der Waals surface area contributed by atoms with E-state index in [0.29, 0.717) is 17.8 Å². The van der Waals surface area contributed by atoms with Gasteiger partial charge in [-0.25, -0.2) is 9.59 Å². The van der Waals surface area contributed by atoms with Crippen molar-refractivity contribution in [3.05, 3.63) is 12.3 Å². The van der Waals surface area contributed by atoms with Crippen molar-refractivity contribution < 1.29 is 23.8 Å². The quantitative estimate of drug-likeness (QED) is 0.744. The minimum atomic E-state index is -1.27. The van der Waals surface area contributed by atoms with Gasteiger partial charge in [-0.2, -0.15) is 0 Å². The fourth-order valence-corrected chi connectivity index (χ4v) is 2.90. The first-order valence-corrected chi connectivity index (χ1v) is 7.20. The summed E-state index contributed by atoms with van der Waals surface area (Å²) in [6, 6.07) is 0. The van der Waals surface area contributed by atoms with Crippen LogP contribution in [0.25, 0.3) is 0 Å². The van der Waals surface area contributed by atoms with Crippen LogP contribution in [0.2, 0.25) is 0 Å². The third-order valence-electron chi connectivity index (χ3n) is 4.05. The van der Waals surface area contributed by atoms with Gasteiger partial charge in [-0.3, -0.25) is 0 Å². The maximum Gasteiger partial charge on any atom is 0.389 e. The fourth-order valence-electron chi connectivity index (χ4n) is 2.90. The lowest BCUT2D eigenvalue weighted by molar-refractivity contribution is -0.200. The second-order valence-electron chi connectivity index (χ2n) is 6.01. The number of cyclic esters (lactones) is 1. The topological polar surface area (TPSA) is 61.8 Å². The first-order chi connectivity index (χ1) is 9.47. The van der Waals surface area contributed by atoms with Gasteiger partial charge in [0.05, 0.1) is 12.3 Å². The summed E-state index contributed by atoms with van der Waals surface area (Å²) in [7, 11) is 0. The van der Waals surface area contributed by atoms with Crippen molar-refractivity contribution in [2.75, 3.05) is 0 Å². The van der Waals surface area contributed by atoms with Crippen LogP contribution in [0.5, 0.6) is 0 Å². The van der Waals surface area contributed by atoms with Crippen molar-refractivity contribution in [2.24, 2.45) is 17.8 Å². The molecule has 1 saturated carbocycles. The summed E-state index contributed by atoms with van der Waals surface area (Å²) in [6.07, 6.45) is 3.98. The summed E-state index contributed by atoms with van der Waals surface area (Å²) in [5, 5.41) is 0. The number of carbonyl (C=O) groups excluding carboxylic acids is 2. The van der Waals surface area contributed by atoms with Crippen molar-refractivity contribution in [1.82, 2.24) is 0 Å². The minimum Gasteiger partial charge on any atom is -0.457 e. The van der Waals surface area contributed by atoms with E-state index in [1.807, 2.05) is 0 Å². The minimum absolute atomic E-state index is 0.126. The molecule has 5 nitrogen and oxygen atoms in total. The Kier molecular flexibility index (Phi) is 4.68. The number of ether oxygens (including phenoxy) is 3. The Morgan fingerprint density at radius 2 is 2.15 bits per heavy atom. The molecule has 0 spiro atoms. The Labute approximate surface area is 119 Å². The molecular formula is C15H22O5. The van der Waals surface area contributed by atoms with Crippen LogP contribution < -0.4 is 0 Å². The summed E-state index contributed by atoms with van der Waals surface area (Å²) in [4.78, 5) is 23.1. The van der Waals surface area contributed by atoms with Gasteiger partial charge < -0.3 is 14.2 Å². The van der Waals surface area contributed by atoms with Crippen molar-refractivity contribution in [2.45, 2.75) is 52.4 Å². The SMILES string of the molecule is CC1CCC(C(C)C)C(OC(=O)[C@H]2OC=CC(=O)O2)C1. The Bertz CT molecular complexity index is 401. The van der Waals surface area contributed by atoms with Gasteiger partial charge in [-0.15, -0.1) is 0 Å². The predicted molar refractivity (Wildman–Crippen MR) is 71.3 cm³/mol. The largest absolute Gasteiger partial charge is 0.457 e. The van der Waals surface area contributed by atoms with Crippen molar-refractivity contribution in [3.8, 4) is 0 Å². The molecule has 5 heteroatoms. The molecule has 112 valence electrons. The van der Waals surface area contributed by atoms with Gasteiger partial charge in [-0.05, 0) is 30.6 Å².